The van der Waals surface area contributed by atoms with Gasteiger partial charge < -0.3 is 5.11 Å². The highest BCUT2D eigenvalue weighted by Gasteiger charge is 2.17. The van der Waals surface area contributed by atoms with E-state index in [-0.39, 0.29) is 5.92 Å². The lowest BCUT2D eigenvalue weighted by Gasteiger charge is -2.17. The topological polar surface area (TPSA) is 20.2 Å². The number of benzene rings is 3. The van der Waals surface area contributed by atoms with Crippen LogP contribution in [0.15, 0.2) is 79.4 Å². The van der Waals surface area contributed by atoms with Crippen molar-refractivity contribution in [2.24, 2.45) is 0 Å². The molecule has 3 aromatic carbocycles. The molecule has 0 amide bonds. The van der Waals surface area contributed by atoms with E-state index in [1.807, 2.05) is 48.5 Å². The minimum Gasteiger partial charge on any atom is -0.508 e. The Labute approximate surface area is 118 Å². The molecular weight excluding hydrogens is 244 g/mol. The minimum absolute atomic E-state index is 0.0118. The number of fused-ring (bicyclic) bond motifs is 1. The number of rotatable bonds is 3. The Balaban J connectivity index is 2.27. The molecule has 0 spiro atoms. The van der Waals surface area contributed by atoms with Crippen LogP contribution in [0.5, 0.6) is 5.75 Å². The molecule has 1 N–H and O–H groups in total. The maximum atomic E-state index is 10.3. The zero-order chi connectivity index (χ0) is 13.9. The van der Waals surface area contributed by atoms with Crippen molar-refractivity contribution >= 4 is 10.8 Å². The summed E-state index contributed by atoms with van der Waals surface area (Å²) in [5.41, 5.74) is 2.05. The highest BCUT2D eigenvalue weighted by molar-refractivity contribution is 5.89. The minimum atomic E-state index is -0.0118. The first-order chi connectivity index (χ1) is 9.81. The maximum Gasteiger partial charge on any atom is 0.120 e. The van der Waals surface area contributed by atoms with Crippen molar-refractivity contribution in [1.82, 2.24) is 0 Å². The molecule has 1 nitrogen and oxygen atoms in total. The van der Waals surface area contributed by atoms with Gasteiger partial charge in [-0.25, -0.2) is 0 Å². The third kappa shape index (κ3) is 2.08. The molecule has 0 aliphatic heterocycles. The number of phenols is 1. The summed E-state index contributed by atoms with van der Waals surface area (Å²) >= 11 is 0. The summed E-state index contributed by atoms with van der Waals surface area (Å²) in [6.45, 7) is 3.95. The van der Waals surface area contributed by atoms with Gasteiger partial charge in [-0.05, 0) is 22.4 Å². The molecule has 3 aromatic rings. The monoisotopic (exact) mass is 260 g/mol. The molecule has 0 aliphatic carbocycles. The molecule has 3 rings (SSSR count). The van der Waals surface area contributed by atoms with Crippen LogP contribution in [0.1, 0.15) is 17.0 Å². The Bertz CT molecular complexity index is 744. The van der Waals surface area contributed by atoms with Gasteiger partial charge >= 0.3 is 0 Å². The van der Waals surface area contributed by atoms with Gasteiger partial charge in [-0.1, -0.05) is 66.7 Å². The van der Waals surface area contributed by atoms with Crippen LogP contribution in [-0.4, -0.2) is 5.11 Å². The van der Waals surface area contributed by atoms with E-state index in [2.05, 4.69) is 24.8 Å². The molecule has 0 fully saturated rings. The largest absolute Gasteiger partial charge is 0.508 e. The van der Waals surface area contributed by atoms with Crippen molar-refractivity contribution in [3.8, 4) is 5.75 Å². The second-order valence-electron chi connectivity index (χ2n) is 4.84. The standard InChI is InChI=1S/C19H16O/c1-2-16(14-8-4-3-5-9-14)19-17-11-7-6-10-15(17)12-13-18(19)20/h2-13,16,20H,1H2/t16-/m1/s1. The molecule has 0 saturated carbocycles. The number of aromatic hydroxyl groups is 1. The Kier molecular flexibility index (Phi) is 3.26. The average molecular weight is 260 g/mol. The van der Waals surface area contributed by atoms with Crippen molar-refractivity contribution in [2.75, 3.05) is 0 Å². The Hall–Kier alpha value is -2.54. The molecule has 0 heterocycles. The number of hydrogen-bond acceptors (Lipinski definition) is 1. The summed E-state index contributed by atoms with van der Waals surface area (Å²) in [7, 11) is 0. The van der Waals surface area contributed by atoms with E-state index in [1.54, 1.807) is 6.07 Å². The van der Waals surface area contributed by atoms with Gasteiger partial charge in [0.2, 0.25) is 0 Å². The van der Waals surface area contributed by atoms with E-state index in [9.17, 15) is 5.11 Å². The van der Waals surface area contributed by atoms with Crippen LogP contribution in [-0.2, 0) is 0 Å². The fourth-order valence-corrected chi connectivity index (χ4v) is 2.69. The molecule has 0 unspecified atom stereocenters. The highest BCUT2D eigenvalue weighted by atomic mass is 16.3. The average Bonchev–Trinajstić information content (AvgIpc) is 2.51. The molecule has 0 bridgehead atoms. The second kappa shape index (κ2) is 5.22. The number of allylic oxidation sites excluding steroid dienone is 1. The second-order valence-corrected chi connectivity index (χ2v) is 4.84. The van der Waals surface area contributed by atoms with Gasteiger partial charge in [0.25, 0.3) is 0 Å². The Morgan fingerprint density at radius 3 is 2.30 bits per heavy atom. The van der Waals surface area contributed by atoms with Gasteiger partial charge in [0, 0.05) is 11.5 Å². The van der Waals surface area contributed by atoms with Crippen molar-refractivity contribution in [2.45, 2.75) is 5.92 Å². The van der Waals surface area contributed by atoms with Gasteiger partial charge in [0.05, 0.1) is 0 Å². The summed E-state index contributed by atoms with van der Waals surface area (Å²) in [6.07, 6.45) is 1.89. The van der Waals surface area contributed by atoms with Gasteiger partial charge in [-0.2, -0.15) is 0 Å². The third-order valence-corrected chi connectivity index (χ3v) is 3.65. The zero-order valence-electron chi connectivity index (χ0n) is 11.2. The van der Waals surface area contributed by atoms with Crippen molar-refractivity contribution in [3.05, 3.63) is 90.5 Å². The van der Waals surface area contributed by atoms with E-state index in [1.165, 1.54) is 0 Å². The highest BCUT2D eigenvalue weighted by Crippen LogP contribution is 2.37. The summed E-state index contributed by atoms with van der Waals surface area (Å²) in [6, 6.07) is 21.9. The molecule has 0 radical (unpaired) electrons. The van der Waals surface area contributed by atoms with Gasteiger partial charge in [-0.3, -0.25) is 0 Å². The normalized spacial score (nSPS) is 12.2. The fraction of sp³-hybridized carbons (Fsp3) is 0.0526. The lowest BCUT2D eigenvalue weighted by molar-refractivity contribution is 0.469. The molecule has 98 valence electrons. The first-order valence-electron chi connectivity index (χ1n) is 6.69. The lowest BCUT2D eigenvalue weighted by atomic mass is 9.87. The molecule has 0 aromatic heterocycles. The smallest absolute Gasteiger partial charge is 0.120 e. The third-order valence-electron chi connectivity index (χ3n) is 3.65. The number of hydrogen-bond donors (Lipinski definition) is 1. The van der Waals surface area contributed by atoms with E-state index in [0.717, 1.165) is 21.9 Å². The molecule has 0 aliphatic rings. The molecule has 1 heteroatoms. The molecule has 20 heavy (non-hydrogen) atoms. The van der Waals surface area contributed by atoms with Crippen LogP contribution < -0.4 is 0 Å². The number of phenolic OH excluding ortho intramolecular Hbond substituents is 1. The molecular formula is C19H16O. The Morgan fingerprint density at radius 1 is 0.850 bits per heavy atom. The summed E-state index contributed by atoms with van der Waals surface area (Å²) in [5.74, 6) is 0.305. The molecule has 0 saturated heterocycles. The van der Waals surface area contributed by atoms with Crippen molar-refractivity contribution in [1.29, 1.82) is 0 Å². The van der Waals surface area contributed by atoms with E-state index in [0.29, 0.717) is 5.75 Å². The summed E-state index contributed by atoms with van der Waals surface area (Å²) in [4.78, 5) is 0. The SMILES string of the molecule is C=C[C@H](c1ccccc1)c1c(O)ccc2ccccc12. The van der Waals surface area contributed by atoms with E-state index < -0.39 is 0 Å². The Morgan fingerprint density at radius 2 is 1.55 bits per heavy atom. The van der Waals surface area contributed by atoms with E-state index in [4.69, 9.17) is 0 Å². The summed E-state index contributed by atoms with van der Waals surface area (Å²) < 4.78 is 0. The van der Waals surface area contributed by atoms with Crippen LogP contribution in [0.3, 0.4) is 0 Å². The lowest BCUT2D eigenvalue weighted by Crippen LogP contribution is -1.99. The predicted octanol–water partition coefficient (Wildman–Crippen LogP) is 4.86. The van der Waals surface area contributed by atoms with Crippen LogP contribution in [0, 0.1) is 0 Å². The van der Waals surface area contributed by atoms with Crippen LogP contribution in [0.25, 0.3) is 10.8 Å². The van der Waals surface area contributed by atoms with Crippen molar-refractivity contribution in [3.63, 3.8) is 0 Å². The van der Waals surface area contributed by atoms with Crippen LogP contribution in [0.2, 0.25) is 0 Å². The van der Waals surface area contributed by atoms with Gasteiger partial charge in [0.15, 0.2) is 0 Å². The van der Waals surface area contributed by atoms with E-state index >= 15 is 0 Å². The van der Waals surface area contributed by atoms with Gasteiger partial charge in [0.1, 0.15) is 5.75 Å². The maximum absolute atomic E-state index is 10.3. The fourth-order valence-electron chi connectivity index (χ4n) is 2.69. The molecule has 1 atom stereocenters. The quantitative estimate of drug-likeness (QED) is 0.666. The van der Waals surface area contributed by atoms with Crippen LogP contribution in [0.4, 0.5) is 0 Å². The van der Waals surface area contributed by atoms with Gasteiger partial charge in [-0.15, -0.1) is 6.58 Å². The summed E-state index contributed by atoms with van der Waals surface area (Å²) in [5, 5.41) is 12.5. The first-order valence-corrected chi connectivity index (χ1v) is 6.69. The zero-order valence-corrected chi connectivity index (χ0v) is 11.2. The first kappa shape index (κ1) is 12.5. The predicted molar refractivity (Wildman–Crippen MR) is 84.1 cm³/mol. The van der Waals surface area contributed by atoms with Crippen LogP contribution >= 0.6 is 0 Å². The van der Waals surface area contributed by atoms with Crippen molar-refractivity contribution < 1.29 is 5.11 Å².